The second-order valence-electron chi connectivity index (χ2n) is 7.67. The number of hydrogen-bond acceptors (Lipinski definition) is 6. The van der Waals surface area contributed by atoms with E-state index in [2.05, 4.69) is 51.8 Å². The summed E-state index contributed by atoms with van der Waals surface area (Å²) in [7, 11) is 0. The van der Waals surface area contributed by atoms with Crippen LogP contribution in [0.4, 0.5) is 0 Å². The second-order valence-corrected chi connectivity index (χ2v) is 8.42. The summed E-state index contributed by atoms with van der Waals surface area (Å²) in [5, 5.41) is 19.0. The SMILES string of the molecule is CCCCc1nc2cscc2c(=O)n1Cc1ccc(-c2ccccc2-c2nn[nH]n2)cc1. The maximum absolute atomic E-state index is 13.1. The number of benzene rings is 2. The smallest absolute Gasteiger partial charge is 0.262 e. The molecule has 5 aromatic rings. The molecule has 0 aliphatic rings. The van der Waals surface area contributed by atoms with Gasteiger partial charge in [-0.05, 0) is 28.3 Å². The lowest BCUT2D eigenvalue weighted by Crippen LogP contribution is -2.25. The van der Waals surface area contributed by atoms with E-state index in [0.29, 0.717) is 17.8 Å². The molecule has 0 amide bonds. The fraction of sp³-hybridized carbons (Fsp3) is 0.208. The number of aryl methyl sites for hydroxylation is 1. The molecule has 0 bridgehead atoms. The van der Waals surface area contributed by atoms with Gasteiger partial charge in [-0.25, -0.2) is 4.98 Å². The van der Waals surface area contributed by atoms with Crippen molar-refractivity contribution in [1.82, 2.24) is 30.2 Å². The standard InChI is InChI=1S/C24H22N6OS/c1-2-3-8-22-25-21-15-32-14-20(21)24(31)30(22)13-16-9-11-17(12-10-16)18-6-4-5-7-19(18)23-26-28-29-27-23/h4-7,9-12,14-15H,2-3,8,13H2,1H3,(H,26,27,28,29). The maximum Gasteiger partial charge on any atom is 0.262 e. The molecule has 8 heteroatoms. The Morgan fingerprint density at radius 2 is 1.84 bits per heavy atom. The molecule has 3 heterocycles. The molecule has 0 unspecified atom stereocenters. The molecule has 7 nitrogen and oxygen atoms in total. The molecule has 0 radical (unpaired) electrons. The molecule has 0 fully saturated rings. The molecule has 0 atom stereocenters. The van der Waals surface area contributed by atoms with Crippen molar-refractivity contribution in [2.24, 2.45) is 0 Å². The molecule has 2 aromatic carbocycles. The van der Waals surface area contributed by atoms with E-state index in [1.807, 2.05) is 39.6 Å². The van der Waals surface area contributed by atoms with Gasteiger partial charge < -0.3 is 0 Å². The van der Waals surface area contributed by atoms with Gasteiger partial charge in [0.1, 0.15) is 5.82 Å². The highest BCUT2D eigenvalue weighted by atomic mass is 32.1. The zero-order chi connectivity index (χ0) is 21.9. The summed E-state index contributed by atoms with van der Waals surface area (Å²) in [6, 6.07) is 16.3. The highest BCUT2D eigenvalue weighted by molar-refractivity contribution is 7.09. The highest BCUT2D eigenvalue weighted by Crippen LogP contribution is 2.29. The van der Waals surface area contributed by atoms with E-state index in [1.165, 1.54) is 11.3 Å². The van der Waals surface area contributed by atoms with Gasteiger partial charge in [0.25, 0.3) is 5.56 Å². The third-order valence-corrected chi connectivity index (χ3v) is 6.28. The zero-order valence-electron chi connectivity index (χ0n) is 17.7. The molecular weight excluding hydrogens is 420 g/mol. The summed E-state index contributed by atoms with van der Waals surface area (Å²) in [5.74, 6) is 1.42. The normalized spacial score (nSPS) is 11.3. The van der Waals surface area contributed by atoms with E-state index in [9.17, 15) is 4.79 Å². The van der Waals surface area contributed by atoms with Crippen molar-refractivity contribution in [2.75, 3.05) is 0 Å². The lowest BCUT2D eigenvalue weighted by molar-refractivity contribution is 0.646. The van der Waals surface area contributed by atoms with Crippen LogP contribution in [0.25, 0.3) is 33.4 Å². The van der Waals surface area contributed by atoms with Crippen LogP contribution < -0.4 is 5.56 Å². The number of unbranched alkanes of at least 4 members (excludes halogenated alkanes) is 1. The molecular formula is C24H22N6OS. The summed E-state index contributed by atoms with van der Waals surface area (Å²) in [4.78, 5) is 17.9. The molecule has 0 spiro atoms. The number of aromatic amines is 1. The molecule has 0 saturated carbocycles. The van der Waals surface area contributed by atoms with Crippen LogP contribution in [0, 0.1) is 0 Å². The Kier molecular flexibility index (Phi) is 5.60. The number of nitrogens with zero attached hydrogens (tertiary/aromatic N) is 5. The van der Waals surface area contributed by atoms with Crippen LogP contribution in [0.5, 0.6) is 0 Å². The van der Waals surface area contributed by atoms with Crippen molar-refractivity contribution in [3.63, 3.8) is 0 Å². The van der Waals surface area contributed by atoms with E-state index >= 15 is 0 Å². The number of nitrogens with one attached hydrogen (secondary N) is 1. The minimum Gasteiger partial charge on any atom is -0.292 e. The van der Waals surface area contributed by atoms with Crippen LogP contribution in [-0.2, 0) is 13.0 Å². The third-order valence-electron chi connectivity index (χ3n) is 5.55. The van der Waals surface area contributed by atoms with E-state index in [0.717, 1.165) is 52.9 Å². The minimum atomic E-state index is 0.0360. The van der Waals surface area contributed by atoms with E-state index in [-0.39, 0.29) is 5.56 Å². The molecule has 0 saturated heterocycles. The van der Waals surface area contributed by atoms with Gasteiger partial charge in [0.15, 0.2) is 0 Å². The lowest BCUT2D eigenvalue weighted by Gasteiger charge is -2.13. The van der Waals surface area contributed by atoms with Gasteiger partial charge in [-0.2, -0.15) is 5.21 Å². The van der Waals surface area contributed by atoms with Crippen molar-refractivity contribution in [1.29, 1.82) is 0 Å². The van der Waals surface area contributed by atoms with E-state index in [4.69, 9.17) is 4.98 Å². The zero-order valence-corrected chi connectivity index (χ0v) is 18.5. The number of aromatic nitrogens is 6. The summed E-state index contributed by atoms with van der Waals surface area (Å²) < 4.78 is 1.83. The molecule has 0 aliphatic carbocycles. The van der Waals surface area contributed by atoms with E-state index in [1.54, 1.807) is 0 Å². The van der Waals surface area contributed by atoms with Crippen LogP contribution >= 0.6 is 11.3 Å². The van der Waals surface area contributed by atoms with Gasteiger partial charge in [-0.15, -0.1) is 21.5 Å². The lowest BCUT2D eigenvalue weighted by atomic mass is 9.98. The van der Waals surface area contributed by atoms with Crippen molar-refractivity contribution < 1.29 is 0 Å². The van der Waals surface area contributed by atoms with Crippen LogP contribution in [-0.4, -0.2) is 30.2 Å². The number of H-pyrrole nitrogens is 1. The topological polar surface area (TPSA) is 89.4 Å². The molecule has 32 heavy (non-hydrogen) atoms. The van der Waals surface area contributed by atoms with Gasteiger partial charge in [0.05, 0.1) is 17.4 Å². The summed E-state index contributed by atoms with van der Waals surface area (Å²) in [6.07, 6.45) is 2.87. The Balaban J connectivity index is 1.48. The Bertz CT molecular complexity index is 1400. The summed E-state index contributed by atoms with van der Waals surface area (Å²) in [6.45, 7) is 2.65. The fourth-order valence-electron chi connectivity index (χ4n) is 3.87. The number of rotatable bonds is 7. The van der Waals surface area contributed by atoms with Crippen molar-refractivity contribution >= 4 is 22.2 Å². The predicted octanol–water partition coefficient (Wildman–Crippen LogP) is 4.70. The Labute approximate surface area is 188 Å². The van der Waals surface area contributed by atoms with E-state index < -0.39 is 0 Å². The first-order valence-corrected chi connectivity index (χ1v) is 11.6. The van der Waals surface area contributed by atoms with Gasteiger partial charge in [-0.3, -0.25) is 9.36 Å². The monoisotopic (exact) mass is 442 g/mol. The van der Waals surface area contributed by atoms with Crippen molar-refractivity contribution in [2.45, 2.75) is 32.7 Å². The maximum atomic E-state index is 13.1. The van der Waals surface area contributed by atoms with Crippen molar-refractivity contribution in [3.05, 3.63) is 81.0 Å². The number of fused-ring (bicyclic) bond motifs is 1. The summed E-state index contributed by atoms with van der Waals surface area (Å²) in [5.41, 5.74) is 4.90. The van der Waals surface area contributed by atoms with Gasteiger partial charge in [0, 0.05) is 22.7 Å². The predicted molar refractivity (Wildman–Crippen MR) is 127 cm³/mol. The Morgan fingerprint density at radius 3 is 2.59 bits per heavy atom. The molecule has 1 N–H and O–H groups in total. The average molecular weight is 443 g/mol. The molecule has 160 valence electrons. The summed E-state index contributed by atoms with van der Waals surface area (Å²) >= 11 is 1.52. The molecule has 3 aromatic heterocycles. The first-order chi connectivity index (χ1) is 15.7. The molecule has 5 rings (SSSR count). The Morgan fingerprint density at radius 1 is 1.03 bits per heavy atom. The van der Waals surface area contributed by atoms with Gasteiger partial charge >= 0.3 is 0 Å². The Hall–Kier alpha value is -3.65. The van der Waals surface area contributed by atoms with Gasteiger partial charge in [-0.1, -0.05) is 61.9 Å². The fourth-order valence-corrected chi connectivity index (χ4v) is 4.60. The van der Waals surface area contributed by atoms with Crippen LogP contribution in [0.2, 0.25) is 0 Å². The minimum absolute atomic E-state index is 0.0360. The first kappa shape index (κ1) is 20.3. The van der Waals surface area contributed by atoms with Crippen LogP contribution in [0.3, 0.4) is 0 Å². The van der Waals surface area contributed by atoms with Gasteiger partial charge in [0.2, 0.25) is 5.82 Å². The third kappa shape index (κ3) is 3.85. The van der Waals surface area contributed by atoms with Crippen LogP contribution in [0.1, 0.15) is 31.2 Å². The first-order valence-electron chi connectivity index (χ1n) is 10.6. The highest BCUT2D eigenvalue weighted by Gasteiger charge is 2.13. The molecule has 0 aliphatic heterocycles. The number of hydrogen-bond donors (Lipinski definition) is 1. The van der Waals surface area contributed by atoms with Crippen LogP contribution in [0.15, 0.2) is 64.1 Å². The average Bonchev–Trinajstić information content (AvgIpc) is 3.53. The largest absolute Gasteiger partial charge is 0.292 e. The number of tetrazole rings is 1. The quantitative estimate of drug-likeness (QED) is 0.395. The second kappa shape index (κ2) is 8.84. The number of thiophene rings is 1. The van der Waals surface area contributed by atoms with Crippen molar-refractivity contribution in [3.8, 4) is 22.5 Å².